The van der Waals surface area contributed by atoms with Crippen molar-refractivity contribution in [1.29, 1.82) is 0 Å². The first kappa shape index (κ1) is 17.3. The number of rotatable bonds is 2. The summed E-state index contributed by atoms with van der Waals surface area (Å²) in [6, 6.07) is 8.34. The summed E-state index contributed by atoms with van der Waals surface area (Å²) < 4.78 is 5.76. The van der Waals surface area contributed by atoms with Gasteiger partial charge in [-0.05, 0) is 70.6 Å². The van der Waals surface area contributed by atoms with Crippen molar-refractivity contribution in [2.45, 2.75) is 58.8 Å². The highest BCUT2D eigenvalue weighted by atomic mass is 16.5. The monoisotopic (exact) mass is 348 g/mol. The van der Waals surface area contributed by atoms with Gasteiger partial charge in [0.15, 0.2) is 5.78 Å². The summed E-state index contributed by atoms with van der Waals surface area (Å²) in [5.74, 6) is 1.31. The molecule has 0 saturated heterocycles. The molecule has 0 fully saturated rings. The van der Waals surface area contributed by atoms with Gasteiger partial charge in [-0.15, -0.1) is 0 Å². The van der Waals surface area contributed by atoms with Gasteiger partial charge in [0.1, 0.15) is 5.75 Å². The maximum absolute atomic E-state index is 13.5. The van der Waals surface area contributed by atoms with E-state index >= 15 is 0 Å². The minimum atomic E-state index is -0.232. The standard InChI is InChI=1S/C24H28O2/c1-14-10-18-20(11-15(14)2)24(19-8-6-7-9-22(19)26-5)13-17(4)16(3)12-21(24)23(18)25/h6-9,21H,10-13H2,1-5H3/t21-,24-/m0/s1. The van der Waals surface area contributed by atoms with Crippen molar-refractivity contribution < 1.29 is 9.53 Å². The molecular weight excluding hydrogens is 320 g/mol. The smallest absolute Gasteiger partial charge is 0.163 e. The molecule has 0 aliphatic heterocycles. The first-order valence-corrected chi connectivity index (χ1v) is 9.60. The largest absolute Gasteiger partial charge is 0.496 e. The molecule has 1 aromatic carbocycles. The summed E-state index contributed by atoms with van der Waals surface area (Å²) in [5.41, 5.74) is 9.03. The number of Topliss-reactive ketones (excluding diaryl/α,β-unsaturated/α-hetero) is 1. The molecule has 2 heteroatoms. The lowest BCUT2D eigenvalue weighted by atomic mass is 9.59. The minimum absolute atomic E-state index is 0.0196. The van der Waals surface area contributed by atoms with Gasteiger partial charge in [-0.1, -0.05) is 40.5 Å². The lowest BCUT2D eigenvalue weighted by Crippen LogP contribution is -2.40. The van der Waals surface area contributed by atoms with Crippen molar-refractivity contribution in [3.8, 4) is 5.75 Å². The maximum atomic E-state index is 13.5. The third kappa shape index (κ3) is 2.21. The Labute approximate surface area is 156 Å². The van der Waals surface area contributed by atoms with Crippen LogP contribution in [-0.4, -0.2) is 12.9 Å². The van der Waals surface area contributed by atoms with Crippen LogP contribution in [0.1, 0.15) is 58.9 Å². The summed E-state index contributed by atoms with van der Waals surface area (Å²) in [4.78, 5) is 13.5. The van der Waals surface area contributed by atoms with Gasteiger partial charge in [-0.2, -0.15) is 0 Å². The average molecular weight is 348 g/mol. The number of fused-ring (bicyclic) bond motifs is 2. The van der Waals surface area contributed by atoms with Crippen molar-refractivity contribution in [3.63, 3.8) is 0 Å². The molecule has 0 radical (unpaired) electrons. The van der Waals surface area contributed by atoms with Crippen LogP contribution in [0, 0.1) is 5.92 Å². The molecule has 0 spiro atoms. The highest BCUT2D eigenvalue weighted by Gasteiger charge is 2.57. The fourth-order valence-corrected chi connectivity index (χ4v) is 5.36. The number of ketones is 1. The molecule has 0 unspecified atom stereocenters. The van der Waals surface area contributed by atoms with E-state index in [1.807, 2.05) is 12.1 Å². The van der Waals surface area contributed by atoms with Crippen LogP contribution in [0.4, 0.5) is 0 Å². The highest BCUT2D eigenvalue weighted by molar-refractivity contribution is 6.04. The Morgan fingerprint density at radius 1 is 0.962 bits per heavy atom. The summed E-state index contributed by atoms with van der Waals surface area (Å²) in [5, 5.41) is 0. The number of benzene rings is 1. The molecule has 2 atom stereocenters. The second-order valence-corrected chi connectivity index (χ2v) is 8.40. The van der Waals surface area contributed by atoms with Gasteiger partial charge < -0.3 is 4.74 Å². The molecule has 1 aromatic rings. The molecule has 0 saturated carbocycles. The van der Waals surface area contributed by atoms with Crippen LogP contribution < -0.4 is 4.74 Å². The number of hydrogen-bond donors (Lipinski definition) is 0. The summed E-state index contributed by atoms with van der Waals surface area (Å²) >= 11 is 0. The van der Waals surface area contributed by atoms with E-state index in [1.165, 1.54) is 33.4 Å². The predicted octanol–water partition coefficient (Wildman–Crippen LogP) is 5.69. The van der Waals surface area contributed by atoms with E-state index in [2.05, 4.69) is 39.8 Å². The number of hydrogen-bond acceptors (Lipinski definition) is 2. The van der Waals surface area contributed by atoms with E-state index in [1.54, 1.807) is 7.11 Å². The van der Waals surface area contributed by atoms with Crippen LogP contribution >= 0.6 is 0 Å². The Morgan fingerprint density at radius 3 is 2.38 bits per heavy atom. The molecule has 2 nitrogen and oxygen atoms in total. The van der Waals surface area contributed by atoms with Crippen LogP contribution in [-0.2, 0) is 10.2 Å². The number of ether oxygens (including phenoxy) is 1. The van der Waals surface area contributed by atoms with Crippen molar-refractivity contribution in [1.82, 2.24) is 0 Å². The second-order valence-electron chi connectivity index (χ2n) is 8.40. The van der Waals surface area contributed by atoms with Gasteiger partial charge in [-0.25, -0.2) is 0 Å². The number of para-hydroxylation sites is 1. The number of methoxy groups -OCH3 is 1. The Balaban J connectivity index is 1.99. The molecule has 4 rings (SSSR count). The van der Waals surface area contributed by atoms with Crippen molar-refractivity contribution in [2.75, 3.05) is 7.11 Å². The number of carbonyl (C=O) groups excluding carboxylic acids is 1. The third-order valence-corrected chi connectivity index (χ3v) is 7.09. The van der Waals surface area contributed by atoms with E-state index in [4.69, 9.17) is 4.74 Å². The van der Waals surface area contributed by atoms with E-state index < -0.39 is 0 Å². The zero-order valence-electron chi connectivity index (χ0n) is 16.5. The van der Waals surface area contributed by atoms with Crippen molar-refractivity contribution >= 4 is 5.78 Å². The quantitative estimate of drug-likeness (QED) is 0.642. The fraction of sp³-hybridized carbons (Fsp3) is 0.458. The zero-order chi connectivity index (χ0) is 18.6. The molecular formula is C24H28O2. The Hall–Kier alpha value is -2.09. The molecule has 3 aliphatic rings. The topological polar surface area (TPSA) is 26.3 Å². The van der Waals surface area contributed by atoms with Crippen LogP contribution in [0.3, 0.4) is 0 Å². The van der Waals surface area contributed by atoms with Crippen LogP contribution in [0.2, 0.25) is 0 Å². The molecule has 136 valence electrons. The normalized spacial score (nSPS) is 28.5. The number of allylic oxidation sites excluding steroid dienone is 6. The van der Waals surface area contributed by atoms with Gasteiger partial charge in [-0.3, -0.25) is 4.79 Å². The molecule has 0 N–H and O–H groups in total. The molecule has 0 amide bonds. The Kier molecular flexibility index (Phi) is 3.98. The van der Waals surface area contributed by atoms with Crippen molar-refractivity contribution in [3.05, 3.63) is 63.3 Å². The first-order chi connectivity index (χ1) is 12.4. The molecule has 3 aliphatic carbocycles. The summed E-state index contributed by atoms with van der Waals surface area (Å²) in [6.45, 7) is 8.84. The maximum Gasteiger partial charge on any atom is 0.163 e. The highest BCUT2D eigenvalue weighted by Crippen LogP contribution is 2.61. The summed E-state index contributed by atoms with van der Waals surface area (Å²) in [6.07, 6.45) is 3.55. The van der Waals surface area contributed by atoms with Gasteiger partial charge in [0, 0.05) is 16.9 Å². The second kappa shape index (κ2) is 5.97. The number of carbonyl (C=O) groups is 1. The Bertz CT molecular complexity index is 897. The van der Waals surface area contributed by atoms with Crippen LogP contribution in [0.5, 0.6) is 5.75 Å². The van der Waals surface area contributed by atoms with Gasteiger partial charge in [0.2, 0.25) is 0 Å². The minimum Gasteiger partial charge on any atom is -0.496 e. The van der Waals surface area contributed by atoms with Crippen LogP contribution in [0.15, 0.2) is 57.7 Å². The van der Waals surface area contributed by atoms with Gasteiger partial charge in [0.05, 0.1) is 7.11 Å². The molecule has 0 aromatic heterocycles. The van der Waals surface area contributed by atoms with Gasteiger partial charge >= 0.3 is 0 Å². The van der Waals surface area contributed by atoms with Crippen LogP contribution in [0.25, 0.3) is 0 Å². The van der Waals surface area contributed by atoms with E-state index in [9.17, 15) is 4.79 Å². The van der Waals surface area contributed by atoms with E-state index in [0.717, 1.165) is 37.0 Å². The van der Waals surface area contributed by atoms with Crippen molar-refractivity contribution in [2.24, 2.45) is 5.92 Å². The SMILES string of the molecule is COc1ccccc1[C@]12CC(C)=C(C)C[C@H]1C(=O)C1=C2CC(C)=C(C)C1. The Morgan fingerprint density at radius 2 is 1.65 bits per heavy atom. The van der Waals surface area contributed by atoms with E-state index in [0.29, 0.717) is 5.78 Å². The third-order valence-electron chi connectivity index (χ3n) is 7.09. The first-order valence-electron chi connectivity index (χ1n) is 9.60. The molecule has 0 bridgehead atoms. The predicted molar refractivity (Wildman–Crippen MR) is 105 cm³/mol. The zero-order valence-corrected chi connectivity index (χ0v) is 16.5. The average Bonchev–Trinajstić information content (AvgIpc) is 2.85. The summed E-state index contributed by atoms with van der Waals surface area (Å²) in [7, 11) is 1.74. The lowest BCUT2D eigenvalue weighted by molar-refractivity contribution is -0.119. The molecule has 0 heterocycles. The fourth-order valence-electron chi connectivity index (χ4n) is 5.36. The lowest BCUT2D eigenvalue weighted by Gasteiger charge is -2.43. The van der Waals surface area contributed by atoms with Gasteiger partial charge in [0.25, 0.3) is 0 Å². The van der Waals surface area contributed by atoms with E-state index in [-0.39, 0.29) is 11.3 Å². The molecule has 26 heavy (non-hydrogen) atoms.